The number of ketones is 1. The first-order valence-corrected chi connectivity index (χ1v) is 8.83. The van der Waals surface area contributed by atoms with Crippen LogP contribution in [0.25, 0.3) is 11.1 Å². The Morgan fingerprint density at radius 1 is 0.880 bits per heavy atom. The molecule has 0 amide bonds. The molecule has 0 spiro atoms. The van der Waals surface area contributed by atoms with Crippen molar-refractivity contribution in [3.05, 3.63) is 59.7 Å². The van der Waals surface area contributed by atoms with Crippen LogP contribution in [0.3, 0.4) is 0 Å². The number of esters is 1. The summed E-state index contributed by atoms with van der Waals surface area (Å²) >= 11 is 0. The van der Waals surface area contributed by atoms with Crippen LogP contribution in [0.1, 0.15) is 56.0 Å². The van der Waals surface area contributed by atoms with E-state index in [0.717, 1.165) is 42.4 Å². The Kier molecular flexibility index (Phi) is 6.93. The molecule has 0 bridgehead atoms. The van der Waals surface area contributed by atoms with E-state index >= 15 is 0 Å². The molecule has 0 saturated heterocycles. The molecule has 25 heavy (non-hydrogen) atoms. The van der Waals surface area contributed by atoms with Gasteiger partial charge in [0.15, 0.2) is 5.78 Å². The number of hydrogen-bond donors (Lipinski definition) is 0. The third-order valence-electron chi connectivity index (χ3n) is 4.27. The molecule has 3 nitrogen and oxygen atoms in total. The fraction of sp³-hybridized carbons (Fsp3) is 0.364. The molecule has 2 aromatic rings. The molecule has 0 heterocycles. The Morgan fingerprint density at radius 2 is 1.44 bits per heavy atom. The summed E-state index contributed by atoms with van der Waals surface area (Å²) in [6.07, 6.45) is 4.05. The zero-order chi connectivity index (χ0) is 18.2. The van der Waals surface area contributed by atoms with Gasteiger partial charge in [0.25, 0.3) is 0 Å². The van der Waals surface area contributed by atoms with Gasteiger partial charge in [-0.15, -0.1) is 0 Å². The molecule has 0 fully saturated rings. The van der Waals surface area contributed by atoms with Crippen molar-refractivity contribution >= 4 is 11.8 Å². The number of carbonyl (C=O) groups excluding carboxylic acids is 2. The van der Waals surface area contributed by atoms with Crippen molar-refractivity contribution < 1.29 is 14.3 Å². The topological polar surface area (TPSA) is 43.4 Å². The zero-order valence-corrected chi connectivity index (χ0v) is 15.2. The maximum absolute atomic E-state index is 11.3. The summed E-state index contributed by atoms with van der Waals surface area (Å²) in [4.78, 5) is 22.2. The lowest BCUT2D eigenvalue weighted by molar-refractivity contribution is -0.145. The highest BCUT2D eigenvalue weighted by atomic mass is 16.5. The number of aryl methyl sites for hydroxylation is 1. The van der Waals surface area contributed by atoms with Crippen molar-refractivity contribution in [1.82, 2.24) is 0 Å². The number of Topliss-reactive ketones (excluding diaryl/α,β-unsaturated/α-hetero) is 1. The van der Waals surface area contributed by atoms with Gasteiger partial charge in [0, 0.05) is 12.5 Å². The molecule has 0 saturated carbocycles. The average molecular weight is 338 g/mol. The van der Waals surface area contributed by atoms with Crippen molar-refractivity contribution in [2.24, 2.45) is 0 Å². The number of ether oxygens (including phenoxy) is 1. The van der Waals surface area contributed by atoms with Gasteiger partial charge in [0.2, 0.25) is 0 Å². The van der Waals surface area contributed by atoms with E-state index in [2.05, 4.69) is 24.3 Å². The Balaban J connectivity index is 1.83. The zero-order valence-electron chi connectivity index (χ0n) is 15.2. The van der Waals surface area contributed by atoms with Crippen molar-refractivity contribution in [3.63, 3.8) is 0 Å². The third-order valence-corrected chi connectivity index (χ3v) is 4.27. The quantitative estimate of drug-likeness (QED) is 0.376. The standard InChI is InChI=1S/C22H26O3/c1-16(25-18(3)24)6-4-5-7-19-8-10-21(11-9-19)22-14-12-20(13-15-22)17(2)23/h8-16H,4-7H2,1-3H3. The molecule has 2 rings (SSSR count). The van der Waals surface area contributed by atoms with Gasteiger partial charge in [-0.2, -0.15) is 0 Å². The van der Waals surface area contributed by atoms with Crippen molar-refractivity contribution in [2.75, 3.05) is 0 Å². The van der Waals surface area contributed by atoms with E-state index in [1.165, 1.54) is 12.5 Å². The summed E-state index contributed by atoms with van der Waals surface area (Å²) in [7, 11) is 0. The minimum Gasteiger partial charge on any atom is -0.463 e. The Hall–Kier alpha value is -2.42. The molecule has 0 aliphatic rings. The highest BCUT2D eigenvalue weighted by Gasteiger charge is 2.05. The van der Waals surface area contributed by atoms with Crippen LogP contribution >= 0.6 is 0 Å². The molecular weight excluding hydrogens is 312 g/mol. The van der Waals surface area contributed by atoms with Crippen molar-refractivity contribution in [1.29, 1.82) is 0 Å². The monoisotopic (exact) mass is 338 g/mol. The number of benzene rings is 2. The van der Waals surface area contributed by atoms with Crippen LogP contribution < -0.4 is 0 Å². The lowest BCUT2D eigenvalue weighted by Gasteiger charge is -2.11. The maximum atomic E-state index is 11.3. The lowest BCUT2D eigenvalue weighted by Crippen LogP contribution is -2.11. The second kappa shape index (κ2) is 9.16. The summed E-state index contributed by atoms with van der Waals surface area (Å²) in [5.74, 6) is -0.121. The molecule has 0 aliphatic carbocycles. The van der Waals surface area contributed by atoms with Crippen LogP contribution in [-0.2, 0) is 16.0 Å². The molecule has 0 N–H and O–H groups in total. The summed E-state index contributed by atoms with van der Waals surface area (Å²) in [5, 5.41) is 0. The molecule has 0 aromatic heterocycles. The first kappa shape index (κ1) is 18.9. The third kappa shape index (κ3) is 6.18. The molecular formula is C22H26O3. The second-order valence-corrected chi connectivity index (χ2v) is 6.50. The summed E-state index contributed by atoms with van der Waals surface area (Å²) in [6, 6.07) is 16.3. The predicted octanol–water partition coefficient (Wildman–Crippen LogP) is 5.22. The van der Waals surface area contributed by atoms with E-state index in [4.69, 9.17) is 4.74 Å². The van der Waals surface area contributed by atoms with E-state index in [0.29, 0.717) is 0 Å². The number of carbonyl (C=O) groups is 2. The van der Waals surface area contributed by atoms with Gasteiger partial charge < -0.3 is 4.74 Å². The maximum Gasteiger partial charge on any atom is 0.302 e. The van der Waals surface area contributed by atoms with E-state index in [-0.39, 0.29) is 17.9 Å². The minimum atomic E-state index is -0.209. The van der Waals surface area contributed by atoms with Crippen molar-refractivity contribution in [2.45, 2.75) is 52.6 Å². The SMILES string of the molecule is CC(=O)OC(C)CCCCc1ccc(-c2ccc(C(C)=O)cc2)cc1. The van der Waals surface area contributed by atoms with Crippen molar-refractivity contribution in [3.8, 4) is 11.1 Å². The molecule has 0 radical (unpaired) electrons. The van der Waals surface area contributed by atoms with Gasteiger partial charge in [0.1, 0.15) is 0 Å². The van der Waals surface area contributed by atoms with Crippen LogP contribution in [0.4, 0.5) is 0 Å². The largest absolute Gasteiger partial charge is 0.463 e. The van der Waals surface area contributed by atoms with Crippen LogP contribution in [0.15, 0.2) is 48.5 Å². The fourth-order valence-corrected chi connectivity index (χ4v) is 2.86. The van der Waals surface area contributed by atoms with E-state index in [9.17, 15) is 9.59 Å². The predicted molar refractivity (Wildman–Crippen MR) is 101 cm³/mol. The lowest BCUT2D eigenvalue weighted by atomic mass is 9.99. The molecule has 132 valence electrons. The summed E-state index contributed by atoms with van der Waals surface area (Å²) < 4.78 is 5.13. The highest BCUT2D eigenvalue weighted by molar-refractivity contribution is 5.94. The highest BCUT2D eigenvalue weighted by Crippen LogP contribution is 2.21. The number of rotatable bonds is 8. The van der Waals surface area contributed by atoms with Crippen LogP contribution in [0, 0.1) is 0 Å². The molecule has 2 aromatic carbocycles. The fourth-order valence-electron chi connectivity index (χ4n) is 2.86. The van der Waals surface area contributed by atoms with Crippen LogP contribution in [0.5, 0.6) is 0 Å². The summed E-state index contributed by atoms with van der Waals surface area (Å²) in [6.45, 7) is 4.97. The van der Waals surface area contributed by atoms with E-state index in [1.54, 1.807) is 6.92 Å². The number of unbranched alkanes of at least 4 members (excludes halogenated alkanes) is 1. The Morgan fingerprint density at radius 3 is 1.96 bits per heavy atom. The molecule has 1 atom stereocenters. The van der Waals surface area contributed by atoms with Crippen LogP contribution in [-0.4, -0.2) is 17.9 Å². The average Bonchev–Trinajstić information content (AvgIpc) is 2.59. The van der Waals surface area contributed by atoms with Gasteiger partial charge >= 0.3 is 5.97 Å². The second-order valence-electron chi connectivity index (χ2n) is 6.50. The first-order chi connectivity index (χ1) is 12.0. The Bertz CT molecular complexity index is 699. The Labute approximate surface area is 150 Å². The van der Waals surface area contributed by atoms with E-state index in [1.807, 2.05) is 31.2 Å². The molecule has 1 unspecified atom stereocenters. The molecule has 0 aliphatic heterocycles. The van der Waals surface area contributed by atoms with Gasteiger partial charge in [-0.3, -0.25) is 9.59 Å². The first-order valence-electron chi connectivity index (χ1n) is 8.83. The molecule has 3 heteroatoms. The normalized spacial score (nSPS) is 11.8. The van der Waals surface area contributed by atoms with Gasteiger partial charge in [-0.05, 0) is 56.2 Å². The summed E-state index contributed by atoms with van der Waals surface area (Å²) in [5.41, 5.74) is 4.32. The van der Waals surface area contributed by atoms with Gasteiger partial charge in [-0.25, -0.2) is 0 Å². The smallest absolute Gasteiger partial charge is 0.302 e. The van der Waals surface area contributed by atoms with Crippen LogP contribution in [0.2, 0.25) is 0 Å². The van der Waals surface area contributed by atoms with Gasteiger partial charge in [0.05, 0.1) is 6.10 Å². The van der Waals surface area contributed by atoms with E-state index < -0.39 is 0 Å². The van der Waals surface area contributed by atoms with Gasteiger partial charge in [-0.1, -0.05) is 48.5 Å². The minimum absolute atomic E-state index is 0.00199. The number of hydrogen-bond acceptors (Lipinski definition) is 3.